The van der Waals surface area contributed by atoms with Crippen molar-refractivity contribution < 1.29 is 14.6 Å². The highest BCUT2D eigenvalue weighted by Crippen LogP contribution is 2.50. The van der Waals surface area contributed by atoms with Crippen LogP contribution in [0.3, 0.4) is 0 Å². The maximum Gasteiger partial charge on any atom is 0.341 e. The Hall–Kier alpha value is -1.59. The summed E-state index contributed by atoms with van der Waals surface area (Å²) in [6.07, 6.45) is 0.918. The van der Waals surface area contributed by atoms with Crippen LogP contribution in [-0.2, 0) is 26.5 Å². The van der Waals surface area contributed by atoms with Gasteiger partial charge in [0.15, 0.2) is 6.61 Å². The molecule has 0 saturated carbocycles. The first-order valence-corrected chi connectivity index (χ1v) is 15.7. The van der Waals surface area contributed by atoms with Gasteiger partial charge in [-0.3, -0.25) is 0 Å². The number of carboxylic acids is 1. The summed E-state index contributed by atoms with van der Waals surface area (Å²) in [6, 6.07) is 11.5. The zero-order valence-electron chi connectivity index (χ0n) is 26.9. The topological polar surface area (TPSA) is 46.5 Å². The van der Waals surface area contributed by atoms with Crippen molar-refractivity contribution in [1.82, 2.24) is 0 Å². The molecule has 2 aromatic rings. The van der Waals surface area contributed by atoms with Gasteiger partial charge in [0, 0.05) is 20.9 Å². The fourth-order valence-corrected chi connectivity index (χ4v) is 6.92. The van der Waals surface area contributed by atoms with E-state index in [0.717, 1.165) is 23.3 Å². The Balaban J connectivity index is 2.61. The first-order valence-electron chi connectivity index (χ1n) is 14.0. The third kappa shape index (κ3) is 9.21. The van der Waals surface area contributed by atoms with Crippen LogP contribution in [0.25, 0.3) is 0 Å². The number of ether oxygens (including phenoxy) is 1. The molecular weight excluding hydrogens is 521 g/mol. The molecule has 5 heteroatoms. The molecule has 1 N–H and O–H groups in total. The van der Waals surface area contributed by atoms with E-state index in [2.05, 4.69) is 127 Å². The minimum atomic E-state index is -0.960. The van der Waals surface area contributed by atoms with Crippen molar-refractivity contribution in [2.45, 2.75) is 139 Å². The van der Waals surface area contributed by atoms with Crippen molar-refractivity contribution >= 4 is 29.5 Å². The average Bonchev–Trinajstić information content (AvgIpc) is 2.74. The van der Waals surface area contributed by atoms with Gasteiger partial charge in [-0.05, 0) is 77.3 Å². The van der Waals surface area contributed by atoms with Crippen LogP contribution >= 0.6 is 23.5 Å². The molecule has 2 rings (SSSR count). The Kier molecular flexibility index (Phi) is 10.1. The molecule has 39 heavy (non-hydrogen) atoms. The Morgan fingerprint density at radius 1 is 0.692 bits per heavy atom. The molecule has 0 bridgehead atoms. The second-order valence-corrected chi connectivity index (χ2v) is 18.5. The first-order chi connectivity index (χ1) is 17.5. The van der Waals surface area contributed by atoms with Crippen molar-refractivity contribution in [3.63, 3.8) is 0 Å². The van der Waals surface area contributed by atoms with Crippen LogP contribution in [0.1, 0.15) is 126 Å². The van der Waals surface area contributed by atoms with Gasteiger partial charge in [-0.25, -0.2) is 4.79 Å². The lowest BCUT2D eigenvalue weighted by atomic mass is 9.77. The van der Waals surface area contributed by atoms with Crippen molar-refractivity contribution in [2.24, 2.45) is 0 Å². The van der Waals surface area contributed by atoms with Crippen LogP contribution in [0.15, 0.2) is 40.1 Å². The monoisotopic (exact) mass is 572 g/mol. The van der Waals surface area contributed by atoms with E-state index in [9.17, 15) is 9.90 Å². The van der Waals surface area contributed by atoms with E-state index in [4.69, 9.17) is 4.74 Å². The predicted molar refractivity (Wildman–Crippen MR) is 171 cm³/mol. The zero-order chi connectivity index (χ0) is 30.2. The van der Waals surface area contributed by atoms with Crippen molar-refractivity contribution in [3.8, 4) is 5.75 Å². The second kappa shape index (κ2) is 11.7. The van der Waals surface area contributed by atoms with Crippen molar-refractivity contribution in [3.05, 3.63) is 52.6 Å². The molecule has 218 valence electrons. The summed E-state index contributed by atoms with van der Waals surface area (Å²) in [5.41, 5.74) is 4.62. The average molecular weight is 573 g/mol. The Bertz CT molecular complexity index is 1140. The zero-order valence-corrected chi connectivity index (χ0v) is 28.5. The molecule has 0 unspecified atom stereocenters. The van der Waals surface area contributed by atoms with E-state index in [1.165, 1.54) is 20.9 Å². The van der Waals surface area contributed by atoms with E-state index in [1.807, 2.05) is 23.5 Å². The van der Waals surface area contributed by atoms with Gasteiger partial charge < -0.3 is 9.84 Å². The third-order valence-corrected chi connectivity index (χ3v) is 9.62. The van der Waals surface area contributed by atoms with Gasteiger partial charge in [0.1, 0.15) is 5.75 Å². The molecule has 0 amide bonds. The first kappa shape index (κ1) is 33.6. The van der Waals surface area contributed by atoms with Crippen LogP contribution in [0, 0.1) is 0 Å². The van der Waals surface area contributed by atoms with Gasteiger partial charge in [-0.15, -0.1) is 23.5 Å². The second-order valence-electron chi connectivity index (χ2n) is 14.9. The number of benzene rings is 2. The smallest absolute Gasteiger partial charge is 0.341 e. The number of hydrogen-bond acceptors (Lipinski definition) is 4. The predicted octanol–water partition coefficient (Wildman–Crippen LogP) is 10.4. The molecule has 0 fully saturated rings. The molecule has 0 heterocycles. The number of carbonyl (C=O) groups is 1. The molecule has 0 spiro atoms. The summed E-state index contributed by atoms with van der Waals surface area (Å²) >= 11 is 3.77. The van der Waals surface area contributed by atoms with E-state index in [1.54, 1.807) is 0 Å². The minimum absolute atomic E-state index is 0.0713. The summed E-state index contributed by atoms with van der Waals surface area (Å²) in [4.78, 5) is 13.9. The highest BCUT2D eigenvalue weighted by Gasteiger charge is 2.32. The van der Waals surface area contributed by atoms with Gasteiger partial charge in [0.05, 0.1) is 4.08 Å². The quantitative estimate of drug-likeness (QED) is 0.239. The summed E-state index contributed by atoms with van der Waals surface area (Å²) in [6.45, 7) is 31.0. The number of hydrogen-bond donors (Lipinski definition) is 1. The Labute approximate surface area is 247 Å². The lowest BCUT2D eigenvalue weighted by Crippen LogP contribution is -2.23. The van der Waals surface area contributed by atoms with Crippen LogP contribution < -0.4 is 4.74 Å². The van der Waals surface area contributed by atoms with E-state index in [0.29, 0.717) is 0 Å². The Morgan fingerprint density at radius 2 is 1.13 bits per heavy atom. The fourth-order valence-electron chi connectivity index (χ4n) is 4.31. The summed E-state index contributed by atoms with van der Waals surface area (Å²) in [5.74, 6) is -0.238. The normalized spacial score (nSPS) is 13.5. The van der Waals surface area contributed by atoms with Crippen molar-refractivity contribution in [2.75, 3.05) is 6.61 Å². The molecule has 0 radical (unpaired) electrons. The molecule has 3 nitrogen and oxygen atoms in total. The number of aliphatic carboxylic acids is 1. The van der Waals surface area contributed by atoms with Crippen molar-refractivity contribution in [1.29, 1.82) is 0 Å². The molecular formula is C34H52O3S2. The fraction of sp³-hybridized carbons (Fsp3) is 0.618. The highest BCUT2D eigenvalue weighted by molar-refractivity contribution is 8.18. The minimum Gasteiger partial charge on any atom is -0.481 e. The van der Waals surface area contributed by atoms with E-state index >= 15 is 0 Å². The number of carboxylic acid groups (broad SMARTS) is 1. The van der Waals surface area contributed by atoms with E-state index < -0.39 is 5.97 Å². The molecule has 2 aromatic carbocycles. The van der Waals surface area contributed by atoms with Gasteiger partial charge in [0.2, 0.25) is 0 Å². The maximum atomic E-state index is 11.4. The molecule has 0 aliphatic heterocycles. The molecule has 0 aliphatic carbocycles. The van der Waals surface area contributed by atoms with Crippen LogP contribution in [0.4, 0.5) is 0 Å². The lowest BCUT2D eigenvalue weighted by Gasteiger charge is -2.33. The molecule has 0 saturated heterocycles. The van der Waals surface area contributed by atoms with Gasteiger partial charge in [-0.2, -0.15) is 0 Å². The summed E-state index contributed by atoms with van der Waals surface area (Å²) in [7, 11) is 0. The van der Waals surface area contributed by atoms with Gasteiger partial charge >= 0.3 is 5.97 Å². The summed E-state index contributed by atoms with van der Waals surface area (Å²) < 4.78 is 5.86. The van der Waals surface area contributed by atoms with Crippen LogP contribution in [0.2, 0.25) is 0 Å². The number of thioether (sulfide) groups is 2. The van der Waals surface area contributed by atoms with E-state index in [-0.39, 0.29) is 32.3 Å². The van der Waals surface area contributed by atoms with Crippen LogP contribution in [-0.4, -0.2) is 21.8 Å². The highest BCUT2D eigenvalue weighted by atomic mass is 32.2. The SMILES string of the molecule is CCC(C)(C)c1cc(SC(C)(C)Sc2cc(C(C)(C)C)cc(C(C)(C)C)c2)cc(C(C)(C)C)c1OCC(=O)O. The van der Waals surface area contributed by atoms with Crippen LogP contribution in [0.5, 0.6) is 5.75 Å². The largest absolute Gasteiger partial charge is 0.481 e. The third-order valence-electron chi connectivity index (χ3n) is 7.19. The maximum absolute atomic E-state index is 11.4. The van der Waals surface area contributed by atoms with Gasteiger partial charge in [0.25, 0.3) is 0 Å². The standard InChI is InChI=1S/C34H52O3S2/c1-15-33(11,12)27-20-25(19-26(32(8,9)10)29(27)37-21-28(35)36)39-34(13,14)38-24-17-22(30(2,3)4)16-23(18-24)31(5,6)7/h16-20H,15,21H2,1-14H3,(H,35,36). The lowest BCUT2D eigenvalue weighted by molar-refractivity contribution is -0.139. The van der Waals surface area contributed by atoms with Gasteiger partial charge in [-0.1, -0.05) is 89.2 Å². The summed E-state index contributed by atoms with van der Waals surface area (Å²) in [5, 5.41) is 9.37. The molecule has 0 aromatic heterocycles. The Morgan fingerprint density at radius 3 is 1.51 bits per heavy atom. The molecule has 0 atom stereocenters. The molecule has 0 aliphatic rings. The number of rotatable bonds is 9.